The summed E-state index contributed by atoms with van der Waals surface area (Å²) in [6.07, 6.45) is 2.56. The van der Waals surface area contributed by atoms with Crippen LogP contribution in [0.3, 0.4) is 0 Å². The molecular weight excluding hydrogens is 400 g/mol. The van der Waals surface area contributed by atoms with Crippen molar-refractivity contribution in [1.29, 1.82) is 0 Å². The highest BCUT2D eigenvalue weighted by Crippen LogP contribution is 2.16. The van der Waals surface area contributed by atoms with Crippen LogP contribution in [0.4, 0.5) is 0 Å². The fourth-order valence-electron chi connectivity index (χ4n) is 2.29. The maximum atomic E-state index is 12.5. The molecule has 4 nitrogen and oxygen atoms in total. The molecular formula is C19H21BrN2O2S. The second-order valence-electron chi connectivity index (χ2n) is 5.49. The van der Waals surface area contributed by atoms with Gasteiger partial charge in [0.2, 0.25) is 5.91 Å². The van der Waals surface area contributed by atoms with Crippen LogP contribution in [0.15, 0.2) is 59.1 Å². The largest absolute Gasteiger partial charge is 0.350 e. The van der Waals surface area contributed by atoms with E-state index in [1.54, 1.807) is 30.0 Å². The standard InChI is InChI=1S/C19H21BrN2O2S/c1-25-12-11-17(19(24)21-13-14-7-3-2-4-8-14)22-18(23)15-9-5-6-10-16(15)20/h2-10,17H,11-13H2,1H3,(H,21,24)(H,22,23)/t17-/m0/s1. The van der Waals surface area contributed by atoms with Gasteiger partial charge >= 0.3 is 0 Å². The number of nitrogens with one attached hydrogen (secondary N) is 2. The molecule has 0 aliphatic heterocycles. The van der Waals surface area contributed by atoms with Gasteiger partial charge in [-0.3, -0.25) is 9.59 Å². The summed E-state index contributed by atoms with van der Waals surface area (Å²) < 4.78 is 0.709. The fraction of sp³-hybridized carbons (Fsp3) is 0.263. The quantitative estimate of drug-likeness (QED) is 0.685. The molecule has 2 aromatic carbocycles. The predicted molar refractivity (Wildman–Crippen MR) is 107 cm³/mol. The summed E-state index contributed by atoms with van der Waals surface area (Å²) in [6.45, 7) is 0.445. The summed E-state index contributed by atoms with van der Waals surface area (Å²) in [5, 5.41) is 5.76. The first-order valence-corrected chi connectivity index (χ1v) is 10.2. The molecule has 2 amide bonds. The zero-order valence-corrected chi connectivity index (χ0v) is 16.4. The number of carbonyl (C=O) groups excluding carboxylic acids is 2. The number of amides is 2. The molecule has 0 fully saturated rings. The molecule has 0 unspecified atom stereocenters. The highest BCUT2D eigenvalue weighted by atomic mass is 79.9. The van der Waals surface area contributed by atoms with Crippen molar-refractivity contribution in [3.8, 4) is 0 Å². The number of benzene rings is 2. The first-order chi connectivity index (χ1) is 12.1. The average Bonchev–Trinajstić information content (AvgIpc) is 2.64. The van der Waals surface area contributed by atoms with Crippen LogP contribution in [-0.4, -0.2) is 29.9 Å². The third-order valence-electron chi connectivity index (χ3n) is 3.66. The van der Waals surface area contributed by atoms with E-state index in [0.29, 0.717) is 23.0 Å². The van der Waals surface area contributed by atoms with Crippen LogP contribution in [-0.2, 0) is 11.3 Å². The molecule has 0 heterocycles. The van der Waals surface area contributed by atoms with Crippen molar-refractivity contribution in [3.05, 3.63) is 70.2 Å². The van der Waals surface area contributed by atoms with Crippen LogP contribution in [0.2, 0.25) is 0 Å². The number of hydrogen-bond acceptors (Lipinski definition) is 3. The van der Waals surface area contributed by atoms with Gasteiger partial charge in [-0.25, -0.2) is 0 Å². The lowest BCUT2D eigenvalue weighted by Gasteiger charge is -2.18. The number of hydrogen-bond donors (Lipinski definition) is 2. The van der Waals surface area contributed by atoms with Crippen LogP contribution in [0, 0.1) is 0 Å². The van der Waals surface area contributed by atoms with E-state index < -0.39 is 6.04 Å². The van der Waals surface area contributed by atoms with E-state index in [1.165, 1.54) is 0 Å². The Morgan fingerprint density at radius 3 is 2.44 bits per heavy atom. The summed E-state index contributed by atoms with van der Waals surface area (Å²) in [6, 6.07) is 16.3. The maximum absolute atomic E-state index is 12.5. The monoisotopic (exact) mass is 420 g/mol. The molecule has 0 bridgehead atoms. The van der Waals surface area contributed by atoms with E-state index >= 15 is 0 Å². The molecule has 25 heavy (non-hydrogen) atoms. The number of rotatable bonds is 8. The average molecular weight is 421 g/mol. The summed E-state index contributed by atoms with van der Waals surface area (Å²) in [4.78, 5) is 25.0. The van der Waals surface area contributed by atoms with Crippen molar-refractivity contribution < 1.29 is 9.59 Å². The normalized spacial score (nSPS) is 11.6. The van der Waals surface area contributed by atoms with E-state index in [0.717, 1.165) is 11.3 Å². The lowest BCUT2D eigenvalue weighted by molar-refractivity contribution is -0.123. The second-order valence-corrected chi connectivity index (χ2v) is 7.33. The number of thioether (sulfide) groups is 1. The fourth-order valence-corrected chi connectivity index (χ4v) is 3.23. The third-order valence-corrected chi connectivity index (χ3v) is 5.00. The van der Waals surface area contributed by atoms with E-state index in [4.69, 9.17) is 0 Å². The molecule has 1 atom stereocenters. The van der Waals surface area contributed by atoms with E-state index in [1.807, 2.05) is 42.7 Å². The lowest BCUT2D eigenvalue weighted by atomic mass is 10.1. The van der Waals surface area contributed by atoms with Crippen molar-refractivity contribution >= 4 is 39.5 Å². The van der Waals surface area contributed by atoms with Gasteiger partial charge in [0.05, 0.1) is 5.56 Å². The number of carbonyl (C=O) groups is 2. The Balaban J connectivity index is 2.00. The summed E-state index contributed by atoms with van der Waals surface area (Å²) in [7, 11) is 0. The minimum absolute atomic E-state index is 0.168. The highest BCUT2D eigenvalue weighted by Gasteiger charge is 2.21. The second kappa shape index (κ2) is 10.3. The molecule has 0 saturated heterocycles. The minimum atomic E-state index is -0.559. The van der Waals surface area contributed by atoms with Gasteiger partial charge in [0.25, 0.3) is 5.91 Å². The third kappa shape index (κ3) is 6.21. The van der Waals surface area contributed by atoms with Gasteiger partial charge in [0.15, 0.2) is 0 Å². The molecule has 0 saturated carbocycles. The summed E-state index contributed by atoms with van der Waals surface area (Å²) in [5.74, 6) is 0.367. The van der Waals surface area contributed by atoms with Crippen LogP contribution in [0.5, 0.6) is 0 Å². The molecule has 6 heteroatoms. The molecule has 0 aliphatic rings. The molecule has 132 valence electrons. The van der Waals surface area contributed by atoms with Crippen molar-refractivity contribution in [1.82, 2.24) is 10.6 Å². The lowest BCUT2D eigenvalue weighted by Crippen LogP contribution is -2.47. The molecule has 0 spiro atoms. The van der Waals surface area contributed by atoms with Gasteiger partial charge < -0.3 is 10.6 Å². The van der Waals surface area contributed by atoms with E-state index in [2.05, 4.69) is 26.6 Å². The molecule has 0 aromatic heterocycles. The van der Waals surface area contributed by atoms with Gasteiger partial charge in [-0.1, -0.05) is 42.5 Å². The number of halogens is 1. The summed E-state index contributed by atoms with van der Waals surface area (Å²) in [5.41, 5.74) is 1.55. The minimum Gasteiger partial charge on any atom is -0.350 e. The Morgan fingerprint density at radius 2 is 1.76 bits per heavy atom. The van der Waals surface area contributed by atoms with Gasteiger partial charge in [-0.05, 0) is 52.1 Å². The topological polar surface area (TPSA) is 58.2 Å². The van der Waals surface area contributed by atoms with Crippen molar-refractivity contribution in [2.75, 3.05) is 12.0 Å². The van der Waals surface area contributed by atoms with Crippen LogP contribution >= 0.6 is 27.7 Å². The summed E-state index contributed by atoms with van der Waals surface area (Å²) >= 11 is 5.02. The van der Waals surface area contributed by atoms with E-state index in [9.17, 15) is 9.59 Å². The van der Waals surface area contributed by atoms with Gasteiger partial charge in [-0.2, -0.15) is 11.8 Å². The van der Waals surface area contributed by atoms with Crippen molar-refractivity contribution in [2.24, 2.45) is 0 Å². The Labute approximate surface area is 160 Å². The Kier molecular flexibility index (Phi) is 8.01. The van der Waals surface area contributed by atoms with Gasteiger partial charge in [0.1, 0.15) is 6.04 Å². The van der Waals surface area contributed by atoms with Crippen LogP contribution in [0.25, 0.3) is 0 Å². The Morgan fingerprint density at radius 1 is 1.08 bits per heavy atom. The molecule has 0 aliphatic carbocycles. The van der Waals surface area contributed by atoms with Gasteiger partial charge in [0, 0.05) is 11.0 Å². The molecule has 2 N–H and O–H groups in total. The molecule has 2 rings (SSSR count). The Bertz CT molecular complexity index is 710. The van der Waals surface area contributed by atoms with Crippen molar-refractivity contribution in [3.63, 3.8) is 0 Å². The first-order valence-electron chi connectivity index (χ1n) is 7.97. The first kappa shape index (κ1) is 19.5. The molecule has 0 radical (unpaired) electrons. The van der Waals surface area contributed by atoms with Crippen LogP contribution in [0.1, 0.15) is 22.3 Å². The SMILES string of the molecule is CSCC[C@H](NC(=O)c1ccccc1Br)C(=O)NCc1ccccc1. The van der Waals surface area contributed by atoms with Crippen LogP contribution < -0.4 is 10.6 Å². The smallest absolute Gasteiger partial charge is 0.253 e. The van der Waals surface area contributed by atoms with Gasteiger partial charge in [-0.15, -0.1) is 0 Å². The van der Waals surface area contributed by atoms with E-state index in [-0.39, 0.29) is 11.8 Å². The zero-order chi connectivity index (χ0) is 18.1. The maximum Gasteiger partial charge on any atom is 0.253 e. The highest BCUT2D eigenvalue weighted by molar-refractivity contribution is 9.10. The molecule has 2 aromatic rings. The van der Waals surface area contributed by atoms with Crippen molar-refractivity contribution in [2.45, 2.75) is 19.0 Å². The zero-order valence-electron chi connectivity index (χ0n) is 14.0. The Hall–Kier alpha value is -1.79. The predicted octanol–water partition coefficient (Wildman–Crippen LogP) is 3.62.